The molecule has 0 saturated carbocycles. The third-order valence-corrected chi connectivity index (χ3v) is 4.22. The summed E-state index contributed by atoms with van der Waals surface area (Å²) in [5.74, 6) is 2.28. The molecule has 26 heavy (non-hydrogen) atoms. The zero-order valence-corrected chi connectivity index (χ0v) is 15.4. The van der Waals surface area contributed by atoms with Gasteiger partial charge in [-0.25, -0.2) is 0 Å². The van der Waals surface area contributed by atoms with Gasteiger partial charge in [-0.3, -0.25) is 4.98 Å². The fraction of sp³-hybridized carbons (Fsp3) is 0.227. The first-order valence-corrected chi connectivity index (χ1v) is 8.61. The average Bonchev–Trinajstić information content (AvgIpc) is 2.72. The van der Waals surface area contributed by atoms with E-state index in [0.717, 1.165) is 28.9 Å². The lowest BCUT2D eigenvalue weighted by Gasteiger charge is -2.11. The van der Waals surface area contributed by atoms with Gasteiger partial charge in [0, 0.05) is 23.5 Å². The first-order valence-electron chi connectivity index (χ1n) is 8.61. The monoisotopic (exact) mass is 349 g/mol. The normalized spacial score (nSPS) is 10.4. The van der Waals surface area contributed by atoms with Gasteiger partial charge in [-0.2, -0.15) is 0 Å². The number of hydrogen-bond donors (Lipinski definition) is 0. The molecule has 0 amide bonds. The highest BCUT2D eigenvalue weighted by atomic mass is 16.5. The van der Waals surface area contributed by atoms with Gasteiger partial charge in [0.1, 0.15) is 12.4 Å². The lowest BCUT2D eigenvalue weighted by Crippen LogP contribution is -1.97. The Morgan fingerprint density at radius 1 is 0.808 bits per heavy atom. The van der Waals surface area contributed by atoms with Crippen molar-refractivity contribution >= 4 is 0 Å². The number of rotatable bonds is 7. The first-order chi connectivity index (χ1) is 12.7. The summed E-state index contributed by atoms with van der Waals surface area (Å²) in [6.45, 7) is 2.61. The first kappa shape index (κ1) is 17.8. The van der Waals surface area contributed by atoms with Crippen molar-refractivity contribution < 1.29 is 14.2 Å². The van der Waals surface area contributed by atoms with E-state index in [-0.39, 0.29) is 0 Å². The maximum Gasteiger partial charge on any atom is 0.161 e. The molecule has 0 radical (unpaired) electrons. The van der Waals surface area contributed by atoms with Crippen LogP contribution >= 0.6 is 0 Å². The van der Waals surface area contributed by atoms with Crippen LogP contribution < -0.4 is 14.2 Å². The number of aryl methyl sites for hydroxylation is 1. The molecule has 3 aromatic rings. The lowest BCUT2D eigenvalue weighted by molar-refractivity contribution is 0.305. The summed E-state index contributed by atoms with van der Waals surface area (Å²) in [5.41, 5.74) is 4.30. The zero-order chi connectivity index (χ0) is 18.4. The number of hydrogen-bond acceptors (Lipinski definition) is 4. The van der Waals surface area contributed by atoms with Crippen molar-refractivity contribution in [3.05, 3.63) is 72.1 Å². The molecule has 3 rings (SSSR count). The topological polar surface area (TPSA) is 40.6 Å². The Bertz CT molecular complexity index is 877. The second-order valence-electron chi connectivity index (χ2n) is 5.94. The Labute approximate surface area is 154 Å². The minimum absolute atomic E-state index is 0.474. The van der Waals surface area contributed by atoms with E-state index < -0.39 is 0 Å². The van der Waals surface area contributed by atoms with E-state index in [4.69, 9.17) is 14.2 Å². The molecule has 4 heteroatoms. The molecule has 0 aliphatic rings. The molecule has 1 aromatic heterocycles. The molecule has 2 aromatic carbocycles. The van der Waals surface area contributed by atoms with Gasteiger partial charge in [0.15, 0.2) is 11.5 Å². The average molecular weight is 349 g/mol. The van der Waals surface area contributed by atoms with Crippen LogP contribution in [-0.4, -0.2) is 19.2 Å². The molecule has 0 spiro atoms. The van der Waals surface area contributed by atoms with Crippen molar-refractivity contribution in [3.8, 4) is 28.4 Å². The minimum atomic E-state index is 0.474. The summed E-state index contributed by atoms with van der Waals surface area (Å²) in [7, 11) is 3.26. The van der Waals surface area contributed by atoms with Crippen LogP contribution in [0.4, 0.5) is 0 Å². The van der Waals surface area contributed by atoms with Gasteiger partial charge in [0.05, 0.1) is 14.2 Å². The van der Waals surface area contributed by atoms with Crippen LogP contribution in [0.25, 0.3) is 11.1 Å². The Morgan fingerprint density at radius 2 is 1.65 bits per heavy atom. The third kappa shape index (κ3) is 4.14. The fourth-order valence-corrected chi connectivity index (χ4v) is 2.76. The summed E-state index contributed by atoms with van der Waals surface area (Å²) in [4.78, 5) is 4.35. The number of nitrogens with zero attached hydrogens (tertiary/aromatic N) is 1. The van der Waals surface area contributed by atoms with Crippen LogP contribution in [0.15, 0.2) is 60.9 Å². The number of aromatic nitrogens is 1. The van der Waals surface area contributed by atoms with Crippen molar-refractivity contribution in [1.29, 1.82) is 0 Å². The molecule has 0 atom stereocenters. The van der Waals surface area contributed by atoms with E-state index in [1.807, 2.05) is 42.7 Å². The highest BCUT2D eigenvalue weighted by Crippen LogP contribution is 2.32. The van der Waals surface area contributed by atoms with E-state index in [0.29, 0.717) is 18.1 Å². The second-order valence-corrected chi connectivity index (χ2v) is 5.94. The van der Waals surface area contributed by atoms with E-state index in [2.05, 4.69) is 30.1 Å². The third-order valence-electron chi connectivity index (χ3n) is 4.22. The van der Waals surface area contributed by atoms with Crippen molar-refractivity contribution in [2.45, 2.75) is 20.0 Å². The van der Waals surface area contributed by atoms with Crippen molar-refractivity contribution in [2.24, 2.45) is 0 Å². The predicted molar refractivity (Wildman–Crippen MR) is 103 cm³/mol. The molecule has 0 N–H and O–H groups in total. The van der Waals surface area contributed by atoms with Crippen LogP contribution in [0.3, 0.4) is 0 Å². The molecule has 0 aliphatic heterocycles. The van der Waals surface area contributed by atoms with Gasteiger partial charge in [-0.05, 0) is 47.9 Å². The predicted octanol–water partition coefficient (Wildman–Crippen LogP) is 4.91. The Hall–Kier alpha value is -3.01. The zero-order valence-electron chi connectivity index (χ0n) is 15.4. The number of benzene rings is 2. The number of pyridine rings is 1. The standard InChI is InChI=1S/C22H23NO3/c1-4-16-6-5-7-20(11-16)26-15-17-10-19(14-23-13-17)18-8-9-21(24-2)22(12-18)25-3/h5-14H,4,15H2,1-3H3. The molecule has 0 unspecified atom stereocenters. The van der Waals surface area contributed by atoms with Gasteiger partial charge in [-0.15, -0.1) is 0 Å². The highest BCUT2D eigenvalue weighted by molar-refractivity contribution is 5.67. The van der Waals surface area contributed by atoms with Gasteiger partial charge in [0.2, 0.25) is 0 Å². The molecule has 134 valence electrons. The molecule has 0 aliphatic carbocycles. The SMILES string of the molecule is CCc1cccc(OCc2cncc(-c3ccc(OC)c(OC)c3)c2)c1. The van der Waals surface area contributed by atoms with Gasteiger partial charge >= 0.3 is 0 Å². The Kier molecular flexibility index (Phi) is 5.74. The van der Waals surface area contributed by atoms with E-state index in [1.54, 1.807) is 14.2 Å². The lowest BCUT2D eigenvalue weighted by atomic mass is 10.1. The van der Waals surface area contributed by atoms with Crippen molar-refractivity contribution in [3.63, 3.8) is 0 Å². The molecule has 0 saturated heterocycles. The maximum atomic E-state index is 5.92. The molecular weight excluding hydrogens is 326 g/mol. The number of methoxy groups -OCH3 is 2. The minimum Gasteiger partial charge on any atom is -0.493 e. The quantitative estimate of drug-likeness (QED) is 0.608. The van der Waals surface area contributed by atoms with E-state index >= 15 is 0 Å². The summed E-state index contributed by atoms with van der Waals surface area (Å²) in [6.07, 6.45) is 4.66. The maximum absolute atomic E-state index is 5.92. The van der Waals surface area contributed by atoms with Crippen molar-refractivity contribution in [1.82, 2.24) is 4.98 Å². The number of ether oxygens (including phenoxy) is 3. The summed E-state index contributed by atoms with van der Waals surface area (Å²) in [5, 5.41) is 0. The van der Waals surface area contributed by atoms with Crippen LogP contribution in [0.5, 0.6) is 17.2 Å². The van der Waals surface area contributed by atoms with Crippen LogP contribution in [0, 0.1) is 0 Å². The van der Waals surface area contributed by atoms with Gasteiger partial charge in [0.25, 0.3) is 0 Å². The second kappa shape index (κ2) is 8.39. The fourth-order valence-electron chi connectivity index (χ4n) is 2.76. The van der Waals surface area contributed by atoms with Crippen molar-refractivity contribution in [2.75, 3.05) is 14.2 Å². The molecule has 0 bridgehead atoms. The Balaban J connectivity index is 1.77. The van der Waals surface area contributed by atoms with Gasteiger partial charge in [-0.1, -0.05) is 25.1 Å². The van der Waals surface area contributed by atoms with E-state index in [1.165, 1.54) is 5.56 Å². The molecule has 0 fully saturated rings. The van der Waals surface area contributed by atoms with E-state index in [9.17, 15) is 0 Å². The van der Waals surface area contributed by atoms with Gasteiger partial charge < -0.3 is 14.2 Å². The summed E-state index contributed by atoms with van der Waals surface area (Å²) >= 11 is 0. The molecular formula is C22H23NO3. The van der Waals surface area contributed by atoms with Crippen LogP contribution in [-0.2, 0) is 13.0 Å². The molecule has 1 heterocycles. The summed E-state index contributed by atoms with van der Waals surface area (Å²) < 4.78 is 16.6. The smallest absolute Gasteiger partial charge is 0.161 e. The summed E-state index contributed by atoms with van der Waals surface area (Å²) in [6, 6.07) is 16.1. The van der Waals surface area contributed by atoms with Crippen LogP contribution in [0.2, 0.25) is 0 Å². The largest absolute Gasteiger partial charge is 0.493 e. The molecule has 4 nitrogen and oxygen atoms in total. The van der Waals surface area contributed by atoms with Crippen LogP contribution in [0.1, 0.15) is 18.1 Å². The Morgan fingerprint density at radius 3 is 2.42 bits per heavy atom. The highest BCUT2D eigenvalue weighted by Gasteiger charge is 2.07.